The molecule has 1 aliphatic carbocycles. The zero-order valence-corrected chi connectivity index (χ0v) is 18.6. The molecule has 1 aromatic carbocycles. The first kappa shape index (κ1) is 21.0. The van der Waals surface area contributed by atoms with Crippen LogP contribution in [0.15, 0.2) is 40.0 Å². The molecule has 0 amide bonds. The van der Waals surface area contributed by atoms with Crippen molar-refractivity contribution in [2.24, 2.45) is 0 Å². The van der Waals surface area contributed by atoms with Gasteiger partial charge in [-0.2, -0.15) is 0 Å². The van der Waals surface area contributed by atoms with Gasteiger partial charge in [0.2, 0.25) is 0 Å². The van der Waals surface area contributed by atoms with E-state index < -0.39 is 0 Å². The molecule has 0 aliphatic heterocycles. The number of aromatic nitrogens is 2. The predicted molar refractivity (Wildman–Crippen MR) is 115 cm³/mol. The van der Waals surface area contributed by atoms with Crippen LogP contribution in [-0.2, 0) is 16.2 Å². The zero-order chi connectivity index (χ0) is 20.1. The number of benzene rings is 1. The molecule has 4 nitrogen and oxygen atoms in total. The Bertz CT molecular complexity index is 819. The largest absolute Gasteiger partial charge is 0.496 e. The average molecular weight is 401 g/mol. The Morgan fingerprint density at radius 3 is 2.50 bits per heavy atom. The van der Waals surface area contributed by atoms with Crippen LogP contribution in [0.2, 0.25) is 0 Å². The first-order valence-electron chi connectivity index (χ1n) is 10.2. The molecule has 5 heteroatoms. The van der Waals surface area contributed by atoms with E-state index in [-0.39, 0.29) is 0 Å². The Labute approximate surface area is 173 Å². The molecule has 0 spiro atoms. The van der Waals surface area contributed by atoms with Crippen LogP contribution in [0.25, 0.3) is 0 Å². The van der Waals surface area contributed by atoms with Crippen molar-refractivity contribution in [3.05, 3.63) is 52.7 Å². The quantitative estimate of drug-likeness (QED) is 0.474. The number of hydrogen-bond acceptors (Lipinski definition) is 4. The van der Waals surface area contributed by atoms with Gasteiger partial charge in [0.05, 0.1) is 18.1 Å². The number of hydrogen-bond donors (Lipinski definition) is 0. The lowest BCUT2D eigenvalue weighted by Crippen LogP contribution is -2.10. The third-order valence-corrected chi connectivity index (χ3v) is 5.92. The number of rotatable bonds is 9. The van der Waals surface area contributed by atoms with Gasteiger partial charge >= 0.3 is 0 Å². The van der Waals surface area contributed by atoms with Crippen LogP contribution in [0.4, 0.5) is 0 Å². The summed E-state index contributed by atoms with van der Waals surface area (Å²) >= 11 is 1.78. The van der Waals surface area contributed by atoms with Gasteiger partial charge in [0.15, 0.2) is 0 Å². The maximum atomic E-state index is 5.94. The highest BCUT2D eigenvalue weighted by Crippen LogP contribution is 2.35. The van der Waals surface area contributed by atoms with Crippen molar-refractivity contribution < 1.29 is 9.47 Å². The third kappa shape index (κ3) is 5.42. The molecule has 0 saturated heterocycles. The molecule has 1 heterocycles. The SMILES string of the molecule is Cc1cc(C)cc(Sc2c(C(C)C)nc(C)n2COCCOC2=CCCC2)c1. The third-order valence-electron chi connectivity index (χ3n) is 4.83. The van der Waals surface area contributed by atoms with E-state index in [0.29, 0.717) is 25.9 Å². The summed E-state index contributed by atoms with van der Waals surface area (Å²) in [5.74, 6) is 2.48. The van der Waals surface area contributed by atoms with Crippen LogP contribution >= 0.6 is 11.8 Å². The Kier molecular flexibility index (Phi) is 7.24. The Morgan fingerprint density at radius 2 is 1.86 bits per heavy atom. The minimum atomic E-state index is 0.367. The van der Waals surface area contributed by atoms with Gasteiger partial charge in [0.25, 0.3) is 0 Å². The Balaban J connectivity index is 1.69. The monoisotopic (exact) mass is 400 g/mol. The van der Waals surface area contributed by atoms with Gasteiger partial charge in [0, 0.05) is 11.3 Å². The van der Waals surface area contributed by atoms with Crippen molar-refractivity contribution in [1.29, 1.82) is 0 Å². The molecule has 2 aromatic rings. The highest BCUT2D eigenvalue weighted by atomic mass is 32.2. The summed E-state index contributed by atoms with van der Waals surface area (Å²) in [7, 11) is 0. The molecule has 3 rings (SSSR count). The standard InChI is InChI=1S/C23H32N2O2S/c1-16(2)22-23(28-21-13-17(3)12-18(4)14-21)25(19(5)24-22)15-26-10-11-27-20-8-6-7-9-20/h8,12-14,16H,6-7,9-11,15H2,1-5H3. The first-order chi connectivity index (χ1) is 13.4. The maximum absolute atomic E-state index is 5.94. The van der Waals surface area contributed by atoms with Crippen LogP contribution in [0, 0.1) is 20.8 Å². The molecule has 0 bridgehead atoms. The summed E-state index contributed by atoms with van der Waals surface area (Å²) in [6.07, 6.45) is 5.60. The van der Waals surface area contributed by atoms with Crippen molar-refractivity contribution in [3.63, 3.8) is 0 Å². The van der Waals surface area contributed by atoms with Crippen LogP contribution in [0.5, 0.6) is 0 Å². The van der Waals surface area contributed by atoms with E-state index in [1.165, 1.54) is 27.5 Å². The van der Waals surface area contributed by atoms with E-state index in [0.717, 1.165) is 30.1 Å². The fourth-order valence-corrected chi connectivity index (χ4v) is 4.86. The molecular formula is C23H32N2O2S. The smallest absolute Gasteiger partial charge is 0.125 e. The minimum Gasteiger partial charge on any atom is -0.496 e. The summed E-state index contributed by atoms with van der Waals surface area (Å²) in [5, 5.41) is 1.18. The first-order valence-corrected chi connectivity index (χ1v) is 11.0. The molecule has 0 fully saturated rings. The molecule has 1 aliphatic rings. The lowest BCUT2D eigenvalue weighted by molar-refractivity contribution is 0.0325. The van der Waals surface area contributed by atoms with E-state index in [1.54, 1.807) is 11.8 Å². The number of ether oxygens (including phenoxy) is 2. The molecule has 0 unspecified atom stereocenters. The number of nitrogens with zero attached hydrogens (tertiary/aromatic N) is 2. The number of imidazole rings is 1. The predicted octanol–water partition coefficient (Wildman–Crippen LogP) is 6.14. The molecule has 152 valence electrons. The fourth-order valence-electron chi connectivity index (χ4n) is 3.47. The van der Waals surface area contributed by atoms with Gasteiger partial charge in [0.1, 0.15) is 24.2 Å². The van der Waals surface area contributed by atoms with Crippen LogP contribution in [0.3, 0.4) is 0 Å². The highest BCUT2D eigenvalue weighted by molar-refractivity contribution is 7.99. The Morgan fingerprint density at radius 1 is 1.11 bits per heavy atom. The Hall–Kier alpha value is -1.72. The molecule has 0 atom stereocenters. The highest BCUT2D eigenvalue weighted by Gasteiger charge is 2.19. The average Bonchev–Trinajstić information content (AvgIpc) is 3.23. The van der Waals surface area contributed by atoms with Crippen LogP contribution < -0.4 is 0 Å². The summed E-state index contributed by atoms with van der Waals surface area (Å²) in [4.78, 5) is 6.08. The van der Waals surface area contributed by atoms with Crippen molar-refractivity contribution in [1.82, 2.24) is 9.55 Å². The lowest BCUT2D eigenvalue weighted by atomic mass is 10.1. The fraction of sp³-hybridized carbons (Fsp3) is 0.522. The topological polar surface area (TPSA) is 36.3 Å². The van der Waals surface area contributed by atoms with E-state index in [9.17, 15) is 0 Å². The lowest BCUT2D eigenvalue weighted by Gasteiger charge is -2.14. The van der Waals surface area contributed by atoms with Gasteiger partial charge in [-0.3, -0.25) is 4.57 Å². The summed E-state index contributed by atoms with van der Waals surface area (Å²) in [6.45, 7) is 12.4. The summed E-state index contributed by atoms with van der Waals surface area (Å²) < 4.78 is 13.9. The zero-order valence-electron chi connectivity index (χ0n) is 17.7. The second kappa shape index (κ2) is 9.66. The van der Waals surface area contributed by atoms with Crippen LogP contribution in [0.1, 0.15) is 61.7 Å². The number of aryl methyl sites for hydroxylation is 3. The molecule has 0 N–H and O–H groups in total. The second-order valence-corrected chi connectivity index (χ2v) is 8.87. The molecule has 0 radical (unpaired) electrons. The van der Waals surface area contributed by atoms with Crippen molar-refractivity contribution >= 4 is 11.8 Å². The van der Waals surface area contributed by atoms with Gasteiger partial charge in [-0.25, -0.2) is 4.98 Å². The van der Waals surface area contributed by atoms with E-state index in [1.807, 2.05) is 0 Å². The van der Waals surface area contributed by atoms with Crippen molar-refractivity contribution in [2.45, 2.75) is 76.5 Å². The van der Waals surface area contributed by atoms with Crippen molar-refractivity contribution in [2.75, 3.05) is 13.2 Å². The van der Waals surface area contributed by atoms with Crippen molar-refractivity contribution in [3.8, 4) is 0 Å². The van der Waals surface area contributed by atoms with E-state index >= 15 is 0 Å². The van der Waals surface area contributed by atoms with Gasteiger partial charge in [-0.05, 0) is 68.9 Å². The molecule has 1 aromatic heterocycles. The van der Waals surface area contributed by atoms with Crippen LogP contribution in [-0.4, -0.2) is 22.8 Å². The van der Waals surface area contributed by atoms with Gasteiger partial charge in [-0.1, -0.05) is 31.7 Å². The summed E-state index contributed by atoms with van der Waals surface area (Å²) in [6, 6.07) is 6.68. The van der Waals surface area contributed by atoms with Gasteiger partial charge < -0.3 is 9.47 Å². The van der Waals surface area contributed by atoms with E-state index in [4.69, 9.17) is 14.5 Å². The van der Waals surface area contributed by atoms with Gasteiger partial charge in [-0.15, -0.1) is 0 Å². The second-order valence-electron chi connectivity index (χ2n) is 7.81. The molecular weight excluding hydrogens is 368 g/mol. The minimum absolute atomic E-state index is 0.367. The maximum Gasteiger partial charge on any atom is 0.125 e. The number of allylic oxidation sites excluding steroid dienone is 2. The summed E-state index contributed by atoms with van der Waals surface area (Å²) in [5.41, 5.74) is 3.70. The molecule has 28 heavy (non-hydrogen) atoms. The van der Waals surface area contributed by atoms with E-state index in [2.05, 4.69) is 63.5 Å². The molecule has 0 saturated carbocycles. The normalized spacial score (nSPS) is 14.0.